The number of rotatable bonds is 6. The molecule has 0 radical (unpaired) electrons. The maximum atomic E-state index is 11.0. The molecule has 3 aromatic rings. The smallest absolute Gasteiger partial charge is 0.119 e. The number of phenols is 3. The van der Waals surface area contributed by atoms with Gasteiger partial charge in [-0.1, -0.05) is 60.6 Å². The van der Waals surface area contributed by atoms with Gasteiger partial charge in [0, 0.05) is 11.5 Å². The van der Waals surface area contributed by atoms with E-state index in [-0.39, 0.29) is 29.6 Å². The molecule has 0 heterocycles. The Morgan fingerprint density at radius 3 is 1.78 bits per heavy atom. The van der Waals surface area contributed by atoms with Crippen LogP contribution in [0.3, 0.4) is 0 Å². The molecule has 2 unspecified atom stereocenters. The van der Waals surface area contributed by atoms with E-state index in [1.54, 1.807) is 0 Å². The summed E-state index contributed by atoms with van der Waals surface area (Å²) in [6, 6.07) is 10.2. The van der Waals surface area contributed by atoms with Crippen molar-refractivity contribution in [2.24, 2.45) is 0 Å². The number of hydrogen-bond acceptors (Lipinski definition) is 3. The summed E-state index contributed by atoms with van der Waals surface area (Å²) >= 11 is 0. The third kappa shape index (κ3) is 4.27. The summed E-state index contributed by atoms with van der Waals surface area (Å²) in [6.45, 7) is 19.2. The van der Waals surface area contributed by atoms with Gasteiger partial charge in [0.25, 0.3) is 0 Å². The Labute approximate surface area is 216 Å². The molecule has 4 rings (SSSR count). The average molecular weight is 487 g/mol. The number of aromatic hydroxyl groups is 3. The first-order valence-corrected chi connectivity index (χ1v) is 13.4. The summed E-state index contributed by atoms with van der Waals surface area (Å²) in [5.41, 5.74) is 11.1. The van der Waals surface area contributed by atoms with Crippen LogP contribution in [0.5, 0.6) is 17.2 Å². The van der Waals surface area contributed by atoms with E-state index >= 15 is 0 Å². The third-order valence-corrected chi connectivity index (χ3v) is 8.14. The number of hydrogen-bond donors (Lipinski definition) is 3. The Balaban J connectivity index is 1.92. The quantitative estimate of drug-likeness (QED) is 0.325. The summed E-state index contributed by atoms with van der Waals surface area (Å²) in [6.07, 6.45) is 0.911. The Hall–Kier alpha value is -2.94. The molecule has 0 bridgehead atoms. The van der Waals surface area contributed by atoms with Crippen LogP contribution in [-0.4, -0.2) is 15.3 Å². The van der Waals surface area contributed by atoms with E-state index in [2.05, 4.69) is 74.4 Å². The highest BCUT2D eigenvalue weighted by Crippen LogP contribution is 2.56. The van der Waals surface area contributed by atoms with Crippen molar-refractivity contribution in [1.29, 1.82) is 0 Å². The van der Waals surface area contributed by atoms with Crippen molar-refractivity contribution in [2.45, 2.75) is 98.3 Å². The van der Waals surface area contributed by atoms with Crippen LogP contribution < -0.4 is 0 Å². The van der Waals surface area contributed by atoms with Crippen molar-refractivity contribution < 1.29 is 15.3 Å². The SMILES string of the molecule is Cc1cc(O)c(C(C)C)cc1C(C)CC1c2cc(C(C)C)c(O)cc2-c2c(C(C)C)c(O)cc(C)c21. The van der Waals surface area contributed by atoms with Crippen LogP contribution in [0.15, 0.2) is 30.3 Å². The van der Waals surface area contributed by atoms with Crippen molar-refractivity contribution in [3.05, 3.63) is 74.8 Å². The molecule has 0 saturated heterocycles. The number of benzene rings is 3. The zero-order valence-corrected chi connectivity index (χ0v) is 23.3. The highest BCUT2D eigenvalue weighted by atomic mass is 16.3. The number of fused-ring (bicyclic) bond motifs is 3. The molecule has 1 aliphatic carbocycles. The van der Waals surface area contributed by atoms with Crippen LogP contribution in [0.2, 0.25) is 0 Å². The van der Waals surface area contributed by atoms with Gasteiger partial charge in [-0.05, 0) is 112 Å². The lowest BCUT2D eigenvalue weighted by atomic mass is 9.80. The van der Waals surface area contributed by atoms with Gasteiger partial charge in [0.2, 0.25) is 0 Å². The van der Waals surface area contributed by atoms with Gasteiger partial charge in [-0.3, -0.25) is 0 Å². The molecule has 3 aromatic carbocycles. The van der Waals surface area contributed by atoms with E-state index in [9.17, 15) is 15.3 Å². The molecule has 0 aliphatic heterocycles. The van der Waals surface area contributed by atoms with Crippen molar-refractivity contribution >= 4 is 0 Å². The second kappa shape index (κ2) is 9.50. The average Bonchev–Trinajstić information content (AvgIpc) is 3.05. The molecule has 0 spiro atoms. The fraction of sp³-hybridized carbons (Fsp3) is 0.455. The van der Waals surface area contributed by atoms with Gasteiger partial charge >= 0.3 is 0 Å². The minimum Gasteiger partial charge on any atom is -0.508 e. The topological polar surface area (TPSA) is 60.7 Å². The van der Waals surface area contributed by atoms with Gasteiger partial charge in [0.1, 0.15) is 17.2 Å². The standard InChI is InChI=1S/C33H42O3/c1-16(2)22-13-24(20(8)11-28(22)34)19(7)10-26-25-14-23(17(3)4)29(35)15-27(25)33-31(18(5)6)30(36)12-21(9)32(26)33/h11-19,26,34-36H,10H2,1-9H3. The van der Waals surface area contributed by atoms with E-state index in [1.165, 1.54) is 16.7 Å². The lowest BCUT2D eigenvalue weighted by Gasteiger charge is -2.24. The molecule has 36 heavy (non-hydrogen) atoms. The maximum Gasteiger partial charge on any atom is 0.119 e. The lowest BCUT2D eigenvalue weighted by molar-refractivity contribution is 0.463. The molecule has 0 aromatic heterocycles. The van der Waals surface area contributed by atoms with Crippen LogP contribution in [0, 0.1) is 13.8 Å². The highest BCUT2D eigenvalue weighted by molar-refractivity contribution is 5.86. The molecule has 3 heteroatoms. The van der Waals surface area contributed by atoms with Gasteiger partial charge in [-0.25, -0.2) is 0 Å². The van der Waals surface area contributed by atoms with Gasteiger partial charge in [-0.15, -0.1) is 0 Å². The van der Waals surface area contributed by atoms with E-state index in [0.29, 0.717) is 17.2 Å². The Morgan fingerprint density at radius 1 is 0.639 bits per heavy atom. The summed E-state index contributed by atoms with van der Waals surface area (Å²) in [5, 5.41) is 32.4. The summed E-state index contributed by atoms with van der Waals surface area (Å²) in [4.78, 5) is 0. The third-order valence-electron chi connectivity index (χ3n) is 8.14. The normalized spacial score (nSPS) is 15.6. The molecule has 1 aliphatic rings. The lowest BCUT2D eigenvalue weighted by Crippen LogP contribution is -2.08. The first-order chi connectivity index (χ1) is 16.8. The second-order valence-corrected chi connectivity index (χ2v) is 11.8. The van der Waals surface area contributed by atoms with E-state index in [0.717, 1.165) is 45.4 Å². The first kappa shape index (κ1) is 26.1. The van der Waals surface area contributed by atoms with Gasteiger partial charge in [0.05, 0.1) is 0 Å². The van der Waals surface area contributed by atoms with Crippen LogP contribution >= 0.6 is 0 Å². The monoisotopic (exact) mass is 486 g/mol. The maximum absolute atomic E-state index is 11.0. The van der Waals surface area contributed by atoms with Crippen LogP contribution in [0.4, 0.5) is 0 Å². The van der Waals surface area contributed by atoms with Crippen molar-refractivity contribution in [2.75, 3.05) is 0 Å². The van der Waals surface area contributed by atoms with Gasteiger partial charge < -0.3 is 15.3 Å². The minimum absolute atomic E-state index is 0.156. The molecule has 2 atom stereocenters. The molecule has 3 nitrogen and oxygen atoms in total. The van der Waals surface area contributed by atoms with Crippen LogP contribution in [-0.2, 0) is 0 Å². The zero-order valence-electron chi connectivity index (χ0n) is 23.3. The molecule has 0 fully saturated rings. The summed E-state index contributed by atoms with van der Waals surface area (Å²) < 4.78 is 0. The Morgan fingerprint density at radius 2 is 1.19 bits per heavy atom. The van der Waals surface area contributed by atoms with E-state index in [4.69, 9.17) is 0 Å². The van der Waals surface area contributed by atoms with E-state index < -0.39 is 0 Å². The van der Waals surface area contributed by atoms with Crippen LogP contribution in [0.1, 0.15) is 129 Å². The number of phenolic OH excluding ortho intramolecular Hbond substituents is 3. The molecular weight excluding hydrogens is 444 g/mol. The predicted octanol–water partition coefficient (Wildman–Crippen LogP) is 9.10. The fourth-order valence-electron chi connectivity index (χ4n) is 6.35. The molecule has 0 saturated carbocycles. The summed E-state index contributed by atoms with van der Waals surface area (Å²) in [5.74, 6) is 2.09. The minimum atomic E-state index is 0.156. The van der Waals surface area contributed by atoms with Crippen LogP contribution in [0.25, 0.3) is 11.1 Å². The fourth-order valence-corrected chi connectivity index (χ4v) is 6.35. The second-order valence-electron chi connectivity index (χ2n) is 11.8. The first-order valence-electron chi connectivity index (χ1n) is 13.4. The van der Waals surface area contributed by atoms with E-state index in [1.807, 2.05) is 18.2 Å². The highest BCUT2D eigenvalue weighted by Gasteiger charge is 2.36. The molecule has 0 amide bonds. The predicted molar refractivity (Wildman–Crippen MR) is 150 cm³/mol. The molecule has 3 N–H and O–H groups in total. The molecular formula is C33H42O3. The Kier molecular flexibility index (Phi) is 6.90. The summed E-state index contributed by atoms with van der Waals surface area (Å²) in [7, 11) is 0. The van der Waals surface area contributed by atoms with Crippen molar-refractivity contribution in [1.82, 2.24) is 0 Å². The zero-order chi connectivity index (χ0) is 26.6. The van der Waals surface area contributed by atoms with Crippen molar-refractivity contribution in [3.8, 4) is 28.4 Å². The van der Waals surface area contributed by atoms with Crippen molar-refractivity contribution in [3.63, 3.8) is 0 Å². The van der Waals surface area contributed by atoms with Gasteiger partial charge in [-0.2, -0.15) is 0 Å². The number of aryl methyl sites for hydroxylation is 2. The largest absolute Gasteiger partial charge is 0.508 e. The Bertz CT molecular complexity index is 1310. The van der Waals surface area contributed by atoms with Gasteiger partial charge in [0.15, 0.2) is 0 Å². The molecule has 192 valence electrons.